The van der Waals surface area contributed by atoms with Crippen molar-refractivity contribution < 1.29 is 4.79 Å². The highest BCUT2D eigenvalue weighted by Crippen LogP contribution is 2.31. The van der Waals surface area contributed by atoms with Gasteiger partial charge < -0.3 is 9.88 Å². The molecule has 1 atom stereocenters. The van der Waals surface area contributed by atoms with Crippen molar-refractivity contribution in [2.24, 2.45) is 7.05 Å². The molecule has 0 aliphatic heterocycles. The molecular formula is C26H21N3O2S. The topological polar surface area (TPSA) is 64.0 Å². The fraction of sp³-hybridized carbons (Fsp3) is 0.115. The first-order valence-electron chi connectivity index (χ1n) is 10.3. The molecular weight excluding hydrogens is 418 g/mol. The van der Waals surface area contributed by atoms with E-state index in [1.807, 2.05) is 55.5 Å². The molecule has 1 N–H and O–H groups in total. The summed E-state index contributed by atoms with van der Waals surface area (Å²) in [7, 11) is 1.66. The maximum absolute atomic E-state index is 13.5. The first kappa shape index (κ1) is 20.2. The van der Waals surface area contributed by atoms with E-state index in [0.717, 1.165) is 21.9 Å². The first-order valence-corrected chi connectivity index (χ1v) is 11.1. The summed E-state index contributed by atoms with van der Waals surface area (Å²) in [5.41, 5.74) is 2.54. The van der Waals surface area contributed by atoms with Crippen molar-refractivity contribution in [3.63, 3.8) is 0 Å². The third-order valence-corrected chi connectivity index (χ3v) is 6.96. The Morgan fingerprint density at radius 1 is 1.00 bits per heavy atom. The van der Waals surface area contributed by atoms with Crippen LogP contribution < -0.4 is 10.9 Å². The third kappa shape index (κ3) is 3.39. The second-order valence-electron chi connectivity index (χ2n) is 7.78. The van der Waals surface area contributed by atoms with Gasteiger partial charge in [-0.2, -0.15) is 0 Å². The Kier molecular flexibility index (Phi) is 5.07. The lowest BCUT2D eigenvalue weighted by Crippen LogP contribution is -2.29. The maximum atomic E-state index is 13.5. The Balaban J connectivity index is 1.62. The number of aromatic nitrogens is 2. The first-order chi connectivity index (χ1) is 15.5. The summed E-state index contributed by atoms with van der Waals surface area (Å²) in [6, 6.07) is 23.9. The predicted octanol–water partition coefficient (Wildman–Crippen LogP) is 4.98. The summed E-state index contributed by atoms with van der Waals surface area (Å²) in [4.78, 5) is 31.5. The van der Waals surface area contributed by atoms with Gasteiger partial charge in [-0.3, -0.25) is 9.59 Å². The molecule has 32 heavy (non-hydrogen) atoms. The number of nitrogens with zero attached hydrogens (tertiary/aromatic N) is 2. The average Bonchev–Trinajstić information content (AvgIpc) is 3.17. The SMILES string of the molecule is Cc1c(C(=O)NC(c2ccccc2)c2cccc3ccccc23)sc2ncn(C)c(=O)c12. The van der Waals surface area contributed by atoms with Crippen LogP contribution in [0, 0.1) is 6.92 Å². The standard InChI is InChI=1S/C26H21N3O2S/c1-16-21-25(27-15-29(2)26(21)31)32-23(16)24(30)28-22(18-10-4-3-5-11-18)20-14-8-12-17-9-6-7-13-19(17)20/h3-15,22H,1-2H3,(H,28,30). The molecule has 0 radical (unpaired) electrons. The van der Waals surface area contributed by atoms with E-state index in [-0.39, 0.29) is 17.5 Å². The number of amides is 1. The summed E-state index contributed by atoms with van der Waals surface area (Å²) in [6.07, 6.45) is 1.49. The van der Waals surface area contributed by atoms with E-state index in [2.05, 4.69) is 34.6 Å². The summed E-state index contributed by atoms with van der Waals surface area (Å²) in [6.45, 7) is 1.81. The van der Waals surface area contributed by atoms with Crippen LogP contribution in [0.3, 0.4) is 0 Å². The van der Waals surface area contributed by atoms with Gasteiger partial charge in [-0.25, -0.2) is 4.98 Å². The molecule has 3 aromatic carbocycles. The molecule has 1 unspecified atom stereocenters. The zero-order valence-corrected chi connectivity index (χ0v) is 18.5. The van der Waals surface area contributed by atoms with E-state index in [1.165, 1.54) is 22.2 Å². The lowest BCUT2D eigenvalue weighted by molar-refractivity contribution is 0.0947. The van der Waals surface area contributed by atoms with Gasteiger partial charge in [0.15, 0.2) is 0 Å². The lowest BCUT2D eigenvalue weighted by Gasteiger charge is -2.21. The molecule has 5 nitrogen and oxygen atoms in total. The van der Waals surface area contributed by atoms with Gasteiger partial charge in [0.1, 0.15) is 4.83 Å². The Morgan fingerprint density at radius 2 is 1.72 bits per heavy atom. The number of thiophene rings is 1. The minimum Gasteiger partial charge on any atom is -0.340 e. The van der Waals surface area contributed by atoms with E-state index in [1.54, 1.807) is 7.05 Å². The van der Waals surface area contributed by atoms with Crippen LogP contribution in [0.2, 0.25) is 0 Å². The van der Waals surface area contributed by atoms with Crippen LogP contribution in [0.4, 0.5) is 0 Å². The molecule has 1 amide bonds. The quantitative estimate of drug-likeness (QED) is 0.430. The summed E-state index contributed by atoms with van der Waals surface area (Å²) in [5.74, 6) is -0.214. The highest BCUT2D eigenvalue weighted by Gasteiger charge is 2.24. The van der Waals surface area contributed by atoms with Gasteiger partial charge in [0, 0.05) is 7.05 Å². The molecule has 0 saturated carbocycles. The fourth-order valence-corrected chi connectivity index (χ4v) is 5.15. The van der Waals surface area contributed by atoms with Crippen LogP contribution in [0.1, 0.15) is 32.4 Å². The monoisotopic (exact) mass is 439 g/mol. The van der Waals surface area contributed by atoms with Crippen molar-refractivity contribution in [2.75, 3.05) is 0 Å². The van der Waals surface area contributed by atoms with Crippen LogP contribution in [0.15, 0.2) is 83.9 Å². The zero-order chi connectivity index (χ0) is 22.2. The Morgan fingerprint density at radius 3 is 2.53 bits per heavy atom. The van der Waals surface area contributed by atoms with E-state index in [0.29, 0.717) is 20.7 Å². The van der Waals surface area contributed by atoms with Gasteiger partial charge in [-0.15, -0.1) is 11.3 Å². The fourth-order valence-electron chi connectivity index (χ4n) is 4.11. The van der Waals surface area contributed by atoms with E-state index >= 15 is 0 Å². The number of fused-ring (bicyclic) bond motifs is 2. The molecule has 0 saturated heterocycles. The minimum absolute atomic E-state index is 0.142. The molecule has 6 heteroatoms. The van der Waals surface area contributed by atoms with Crippen molar-refractivity contribution in [2.45, 2.75) is 13.0 Å². The number of carbonyl (C=O) groups is 1. The zero-order valence-electron chi connectivity index (χ0n) is 17.7. The highest BCUT2D eigenvalue weighted by molar-refractivity contribution is 7.20. The number of aryl methyl sites for hydroxylation is 2. The number of hydrogen-bond acceptors (Lipinski definition) is 4. The average molecular weight is 440 g/mol. The Labute approximate surface area is 189 Å². The summed E-state index contributed by atoms with van der Waals surface area (Å²) < 4.78 is 1.44. The second-order valence-corrected chi connectivity index (χ2v) is 8.78. The van der Waals surface area contributed by atoms with Gasteiger partial charge in [0.2, 0.25) is 0 Å². The molecule has 158 valence electrons. The molecule has 0 spiro atoms. The van der Waals surface area contributed by atoms with Crippen LogP contribution in [0.25, 0.3) is 21.0 Å². The smallest absolute Gasteiger partial charge is 0.262 e. The number of rotatable bonds is 4. The molecule has 0 bridgehead atoms. The van der Waals surface area contributed by atoms with Gasteiger partial charge in [0.05, 0.1) is 22.6 Å². The van der Waals surface area contributed by atoms with Crippen LogP contribution in [-0.2, 0) is 7.05 Å². The van der Waals surface area contributed by atoms with Crippen LogP contribution in [-0.4, -0.2) is 15.5 Å². The van der Waals surface area contributed by atoms with Crippen molar-refractivity contribution in [1.82, 2.24) is 14.9 Å². The minimum atomic E-state index is -0.338. The van der Waals surface area contributed by atoms with Crippen molar-refractivity contribution in [1.29, 1.82) is 0 Å². The number of carbonyl (C=O) groups excluding carboxylic acids is 1. The summed E-state index contributed by atoms with van der Waals surface area (Å²) in [5, 5.41) is 5.94. The van der Waals surface area contributed by atoms with Gasteiger partial charge in [-0.05, 0) is 34.4 Å². The van der Waals surface area contributed by atoms with Crippen LogP contribution in [0.5, 0.6) is 0 Å². The van der Waals surface area contributed by atoms with Crippen LogP contribution >= 0.6 is 11.3 Å². The van der Waals surface area contributed by atoms with Gasteiger partial charge in [-0.1, -0.05) is 72.8 Å². The van der Waals surface area contributed by atoms with Gasteiger partial charge >= 0.3 is 0 Å². The van der Waals surface area contributed by atoms with Crippen molar-refractivity contribution >= 4 is 38.2 Å². The van der Waals surface area contributed by atoms with Gasteiger partial charge in [0.25, 0.3) is 11.5 Å². The number of nitrogens with one attached hydrogen (secondary N) is 1. The second kappa shape index (κ2) is 8.05. The molecule has 0 fully saturated rings. The van der Waals surface area contributed by atoms with E-state index < -0.39 is 0 Å². The Bertz CT molecular complexity index is 1510. The Hall–Kier alpha value is -3.77. The van der Waals surface area contributed by atoms with Crippen molar-refractivity contribution in [3.8, 4) is 0 Å². The molecule has 0 aliphatic carbocycles. The summed E-state index contributed by atoms with van der Waals surface area (Å²) >= 11 is 1.25. The van der Waals surface area contributed by atoms with E-state index in [4.69, 9.17) is 0 Å². The molecule has 2 aromatic heterocycles. The number of benzene rings is 3. The highest BCUT2D eigenvalue weighted by atomic mass is 32.1. The third-order valence-electron chi connectivity index (χ3n) is 5.76. The molecule has 5 aromatic rings. The maximum Gasteiger partial charge on any atom is 0.262 e. The number of hydrogen-bond donors (Lipinski definition) is 1. The molecule has 5 rings (SSSR count). The molecule has 2 heterocycles. The normalized spacial score (nSPS) is 12.2. The largest absolute Gasteiger partial charge is 0.340 e. The van der Waals surface area contributed by atoms with E-state index in [9.17, 15) is 9.59 Å². The lowest BCUT2D eigenvalue weighted by atomic mass is 9.93. The molecule has 0 aliphatic rings. The predicted molar refractivity (Wildman–Crippen MR) is 129 cm³/mol. The van der Waals surface area contributed by atoms with Crippen molar-refractivity contribution in [3.05, 3.63) is 111 Å².